The maximum atomic E-state index is 12.3. The number of carbonyl (C=O) groups is 1. The van der Waals surface area contributed by atoms with Crippen LogP contribution in [0.15, 0.2) is 6.33 Å². The number of rotatable bonds is 4. The molecule has 0 bridgehead atoms. The number of hydrogen-bond donors (Lipinski definition) is 2. The van der Waals surface area contributed by atoms with Gasteiger partial charge >= 0.3 is 0 Å². The first-order valence-corrected chi connectivity index (χ1v) is 7.37. The molecular weight excluding hydrogens is 254 g/mol. The van der Waals surface area contributed by atoms with Gasteiger partial charge in [0.2, 0.25) is 5.91 Å². The van der Waals surface area contributed by atoms with Gasteiger partial charge in [-0.2, -0.15) is 0 Å². The van der Waals surface area contributed by atoms with Crippen molar-refractivity contribution in [2.45, 2.75) is 64.6 Å². The number of amides is 1. The highest BCUT2D eigenvalue weighted by molar-refractivity contribution is 5.80. The lowest BCUT2D eigenvalue weighted by Crippen LogP contribution is -2.52. The standard InChI is InChI=1S/C14H25N5O/c1-10(2)19-9-17-18-12(19)8-16-13(20)11-6-4-5-7-14(11,3)15/h9-11H,4-8,15H2,1-3H3,(H,16,20). The highest BCUT2D eigenvalue weighted by Crippen LogP contribution is 2.31. The fraction of sp³-hybridized carbons (Fsp3) is 0.786. The van der Waals surface area contributed by atoms with Crippen molar-refractivity contribution in [2.75, 3.05) is 0 Å². The van der Waals surface area contributed by atoms with Crippen LogP contribution in [0.1, 0.15) is 58.3 Å². The molecule has 1 aromatic heterocycles. The van der Waals surface area contributed by atoms with Gasteiger partial charge in [-0.3, -0.25) is 4.79 Å². The van der Waals surface area contributed by atoms with Gasteiger partial charge in [-0.25, -0.2) is 0 Å². The van der Waals surface area contributed by atoms with Crippen molar-refractivity contribution in [1.82, 2.24) is 20.1 Å². The van der Waals surface area contributed by atoms with Crippen LogP contribution < -0.4 is 11.1 Å². The Morgan fingerprint density at radius 2 is 2.35 bits per heavy atom. The predicted molar refractivity (Wildman–Crippen MR) is 76.8 cm³/mol. The summed E-state index contributed by atoms with van der Waals surface area (Å²) in [5.41, 5.74) is 5.86. The summed E-state index contributed by atoms with van der Waals surface area (Å²) in [7, 11) is 0. The largest absolute Gasteiger partial charge is 0.348 e. The molecule has 1 fully saturated rings. The minimum Gasteiger partial charge on any atom is -0.348 e. The van der Waals surface area contributed by atoms with Crippen LogP contribution in [-0.4, -0.2) is 26.2 Å². The summed E-state index contributed by atoms with van der Waals surface area (Å²) in [6, 6.07) is 0.284. The molecule has 6 nitrogen and oxygen atoms in total. The number of aromatic nitrogens is 3. The first kappa shape index (κ1) is 15.0. The van der Waals surface area contributed by atoms with Crippen LogP contribution in [-0.2, 0) is 11.3 Å². The van der Waals surface area contributed by atoms with E-state index in [-0.39, 0.29) is 17.9 Å². The number of nitrogens with zero attached hydrogens (tertiary/aromatic N) is 3. The smallest absolute Gasteiger partial charge is 0.225 e. The Morgan fingerprint density at radius 3 is 3.00 bits per heavy atom. The van der Waals surface area contributed by atoms with Crippen LogP contribution in [0.2, 0.25) is 0 Å². The van der Waals surface area contributed by atoms with Gasteiger partial charge in [-0.1, -0.05) is 12.8 Å². The lowest BCUT2D eigenvalue weighted by atomic mass is 9.74. The van der Waals surface area contributed by atoms with E-state index in [2.05, 4.69) is 29.4 Å². The maximum absolute atomic E-state index is 12.3. The van der Waals surface area contributed by atoms with Crippen LogP contribution in [0.25, 0.3) is 0 Å². The van der Waals surface area contributed by atoms with E-state index < -0.39 is 5.54 Å². The van der Waals surface area contributed by atoms with Crippen molar-refractivity contribution < 1.29 is 4.79 Å². The molecule has 2 atom stereocenters. The van der Waals surface area contributed by atoms with Crippen molar-refractivity contribution >= 4 is 5.91 Å². The summed E-state index contributed by atoms with van der Waals surface area (Å²) in [4.78, 5) is 12.3. The summed E-state index contributed by atoms with van der Waals surface area (Å²) in [6.07, 6.45) is 5.66. The normalized spacial score (nSPS) is 26.8. The van der Waals surface area contributed by atoms with Gasteiger partial charge in [-0.05, 0) is 33.6 Å². The zero-order valence-electron chi connectivity index (χ0n) is 12.6. The fourth-order valence-electron chi connectivity index (χ4n) is 2.90. The molecule has 3 N–H and O–H groups in total. The van der Waals surface area contributed by atoms with Gasteiger partial charge in [0.05, 0.1) is 12.5 Å². The Hall–Kier alpha value is -1.43. The van der Waals surface area contributed by atoms with Gasteiger partial charge in [0.25, 0.3) is 0 Å². The molecule has 6 heteroatoms. The van der Waals surface area contributed by atoms with E-state index in [0.717, 1.165) is 31.5 Å². The molecule has 1 amide bonds. The molecule has 20 heavy (non-hydrogen) atoms. The molecule has 112 valence electrons. The lowest BCUT2D eigenvalue weighted by molar-refractivity contribution is -0.128. The Morgan fingerprint density at radius 1 is 1.60 bits per heavy atom. The average molecular weight is 279 g/mol. The molecule has 1 aliphatic rings. The summed E-state index contributed by atoms with van der Waals surface area (Å²) < 4.78 is 1.96. The molecule has 2 rings (SSSR count). The zero-order valence-corrected chi connectivity index (χ0v) is 12.6. The van der Waals surface area contributed by atoms with E-state index in [4.69, 9.17) is 5.73 Å². The number of nitrogens with two attached hydrogens (primary N) is 1. The average Bonchev–Trinajstić information content (AvgIpc) is 2.83. The molecule has 0 aromatic carbocycles. The second-order valence-electron chi connectivity index (χ2n) is 6.27. The van der Waals surface area contributed by atoms with Crippen LogP contribution in [0.4, 0.5) is 0 Å². The molecule has 0 spiro atoms. The molecule has 1 aliphatic carbocycles. The Balaban J connectivity index is 1.96. The molecule has 1 aromatic rings. The van der Waals surface area contributed by atoms with Crippen molar-refractivity contribution in [2.24, 2.45) is 11.7 Å². The van der Waals surface area contributed by atoms with Gasteiger partial charge in [-0.15, -0.1) is 10.2 Å². The third-order valence-electron chi connectivity index (χ3n) is 4.20. The summed E-state index contributed by atoms with van der Waals surface area (Å²) in [6.45, 7) is 6.51. The minimum absolute atomic E-state index is 0.0352. The van der Waals surface area contributed by atoms with E-state index in [1.165, 1.54) is 0 Å². The molecule has 0 saturated heterocycles. The van der Waals surface area contributed by atoms with E-state index in [9.17, 15) is 4.79 Å². The first-order valence-electron chi connectivity index (χ1n) is 7.37. The topological polar surface area (TPSA) is 85.8 Å². The van der Waals surface area contributed by atoms with E-state index >= 15 is 0 Å². The summed E-state index contributed by atoms with van der Waals surface area (Å²) in [5, 5.41) is 10.9. The number of nitrogens with one attached hydrogen (secondary N) is 1. The highest BCUT2D eigenvalue weighted by Gasteiger charge is 2.37. The Labute approximate surface area is 120 Å². The van der Waals surface area contributed by atoms with Crippen molar-refractivity contribution in [3.05, 3.63) is 12.2 Å². The Kier molecular flexibility index (Phi) is 4.42. The van der Waals surface area contributed by atoms with E-state index in [1.54, 1.807) is 6.33 Å². The van der Waals surface area contributed by atoms with Crippen LogP contribution in [0.5, 0.6) is 0 Å². The van der Waals surface area contributed by atoms with Crippen molar-refractivity contribution in [3.63, 3.8) is 0 Å². The van der Waals surface area contributed by atoms with Gasteiger partial charge in [0.1, 0.15) is 6.33 Å². The molecule has 1 heterocycles. The van der Waals surface area contributed by atoms with Crippen molar-refractivity contribution in [3.8, 4) is 0 Å². The van der Waals surface area contributed by atoms with E-state index in [0.29, 0.717) is 6.54 Å². The SMILES string of the molecule is CC(C)n1cnnc1CNC(=O)C1CCCCC1(C)N. The number of hydrogen-bond acceptors (Lipinski definition) is 4. The quantitative estimate of drug-likeness (QED) is 0.872. The first-order chi connectivity index (χ1) is 9.42. The third kappa shape index (κ3) is 3.17. The van der Waals surface area contributed by atoms with Gasteiger partial charge in [0, 0.05) is 11.6 Å². The fourth-order valence-corrected chi connectivity index (χ4v) is 2.90. The van der Waals surface area contributed by atoms with Crippen LogP contribution >= 0.6 is 0 Å². The molecule has 1 saturated carbocycles. The molecule has 2 unspecified atom stereocenters. The van der Waals surface area contributed by atoms with Crippen LogP contribution in [0, 0.1) is 5.92 Å². The van der Waals surface area contributed by atoms with Crippen molar-refractivity contribution in [1.29, 1.82) is 0 Å². The summed E-state index contributed by atoms with van der Waals surface area (Å²) >= 11 is 0. The third-order valence-corrected chi connectivity index (χ3v) is 4.20. The second-order valence-corrected chi connectivity index (χ2v) is 6.27. The molecular formula is C14H25N5O. The zero-order chi connectivity index (χ0) is 14.8. The lowest BCUT2D eigenvalue weighted by Gasteiger charge is -2.37. The van der Waals surface area contributed by atoms with Gasteiger partial charge in [0.15, 0.2) is 5.82 Å². The Bertz CT molecular complexity index is 466. The maximum Gasteiger partial charge on any atom is 0.225 e. The minimum atomic E-state index is -0.395. The molecule has 0 aliphatic heterocycles. The van der Waals surface area contributed by atoms with E-state index in [1.807, 2.05) is 11.5 Å². The monoisotopic (exact) mass is 279 g/mol. The summed E-state index contributed by atoms with van der Waals surface area (Å²) in [5.74, 6) is 0.711. The predicted octanol–water partition coefficient (Wildman–Crippen LogP) is 1.38. The molecule has 0 radical (unpaired) electrons. The highest BCUT2D eigenvalue weighted by atomic mass is 16.1. The van der Waals surface area contributed by atoms with Gasteiger partial charge < -0.3 is 15.6 Å². The number of carbonyl (C=O) groups excluding carboxylic acids is 1. The van der Waals surface area contributed by atoms with Crippen LogP contribution in [0.3, 0.4) is 0 Å². The second kappa shape index (κ2) is 5.91.